The lowest BCUT2D eigenvalue weighted by molar-refractivity contribution is 0.352. The van der Waals surface area contributed by atoms with Gasteiger partial charge < -0.3 is 0 Å². The van der Waals surface area contributed by atoms with Crippen molar-refractivity contribution >= 4 is 0 Å². The minimum Gasteiger partial charge on any atom is -0.0741 e. The molecule has 0 rings (SSSR count). The Hall–Kier alpha value is -0.260. The summed E-state index contributed by atoms with van der Waals surface area (Å²) < 4.78 is 0. The average molecular weight is 224 g/mol. The molecule has 0 heteroatoms. The van der Waals surface area contributed by atoms with Crippen LogP contribution >= 0.6 is 0 Å². The Kier molecular flexibility index (Phi) is 8.70. The van der Waals surface area contributed by atoms with Crippen LogP contribution in [0, 0.1) is 11.8 Å². The Labute approximate surface area is 104 Å². The molecule has 0 aliphatic carbocycles. The van der Waals surface area contributed by atoms with Crippen molar-refractivity contribution < 1.29 is 0 Å². The van der Waals surface area contributed by atoms with Crippen molar-refractivity contribution in [2.45, 2.75) is 80.1 Å². The normalized spacial score (nSPS) is 16.9. The minimum absolute atomic E-state index is 0.796. The van der Waals surface area contributed by atoms with Gasteiger partial charge in [-0.05, 0) is 31.6 Å². The summed E-state index contributed by atoms with van der Waals surface area (Å²) >= 11 is 0. The van der Waals surface area contributed by atoms with E-state index in [1.165, 1.54) is 38.5 Å². The highest BCUT2D eigenvalue weighted by Crippen LogP contribution is 2.32. The summed E-state index contributed by atoms with van der Waals surface area (Å²) in [5.41, 5.74) is 3.40. The van der Waals surface area contributed by atoms with Crippen LogP contribution in [-0.4, -0.2) is 0 Å². The molecule has 0 N–H and O–H groups in total. The smallest absolute Gasteiger partial charge is 0.0201 e. The van der Waals surface area contributed by atoms with Gasteiger partial charge in [0.15, 0.2) is 0 Å². The fourth-order valence-electron chi connectivity index (χ4n) is 2.79. The second-order valence-electron chi connectivity index (χ2n) is 5.15. The summed E-state index contributed by atoms with van der Waals surface area (Å²) in [5, 5.41) is 0. The second kappa shape index (κ2) is 8.84. The van der Waals surface area contributed by atoms with Gasteiger partial charge in [-0.1, -0.05) is 71.4 Å². The van der Waals surface area contributed by atoms with E-state index in [1.54, 1.807) is 11.1 Å². The largest absolute Gasteiger partial charge is 0.0741 e. The molecule has 0 saturated carbocycles. The fraction of sp³-hybridized carbons (Fsp3) is 0.875. The van der Waals surface area contributed by atoms with Crippen LogP contribution in [0.5, 0.6) is 0 Å². The Morgan fingerprint density at radius 2 is 1.62 bits per heavy atom. The van der Waals surface area contributed by atoms with Crippen LogP contribution in [0.25, 0.3) is 0 Å². The molecule has 0 aliphatic heterocycles. The molecule has 2 atom stereocenters. The number of allylic oxidation sites excluding steroid dienone is 2. The highest BCUT2D eigenvalue weighted by Gasteiger charge is 2.19. The van der Waals surface area contributed by atoms with Crippen molar-refractivity contribution in [2.24, 2.45) is 11.8 Å². The average Bonchev–Trinajstić information content (AvgIpc) is 2.31. The van der Waals surface area contributed by atoms with E-state index in [0.29, 0.717) is 0 Å². The topological polar surface area (TPSA) is 0 Å². The van der Waals surface area contributed by atoms with E-state index in [1.807, 2.05) is 0 Å². The third kappa shape index (κ3) is 4.72. The van der Waals surface area contributed by atoms with Gasteiger partial charge >= 0.3 is 0 Å². The summed E-state index contributed by atoms with van der Waals surface area (Å²) in [6, 6.07) is 0. The van der Waals surface area contributed by atoms with Crippen molar-refractivity contribution in [3.05, 3.63) is 11.1 Å². The molecule has 16 heavy (non-hydrogen) atoms. The molecular weight excluding hydrogens is 192 g/mol. The third-order valence-corrected chi connectivity index (χ3v) is 4.04. The van der Waals surface area contributed by atoms with Crippen molar-refractivity contribution in [3.63, 3.8) is 0 Å². The molecule has 0 aromatic rings. The maximum Gasteiger partial charge on any atom is -0.0201 e. The molecule has 0 heterocycles. The van der Waals surface area contributed by atoms with Crippen molar-refractivity contribution in [2.75, 3.05) is 0 Å². The molecule has 0 radical (unpaired) electrons. The first-order valence-corrected chi connectivity index (χ1v) is 7.30. The summed E-state index contributed by atoms with van der Waals surface area (Å²) in [4.78, 5) is 0. The maximum absolute atomic E-state index is 2.45. The first kappa shape index (κ1) is 15.7. The summed E-state index contributed by atoms with van der Waals surface area (Å²) in [6.45, 7) is 14.0. The van der Waals surface area contributed by atoms with Crippen molar-refractivity contribution in [1.29, 1.82) is 0 Å². The van der Waals surface area contributed by atoms with E-state index in [9.17, 15) is 0 Å². The lowest BCUT2D eigenvalue weighted by Gasteiger charge is -2.27. The quantitative estimate of drug-likeness (QED) is 0.445. The molecule has 0 aromatic heterocycles. The van der Waals surface area contributed by atoms with Crippen LogP contribution < -0.4 is 0 Å². The predicted molar refractivity (Wildman–Crippen MR) is 75.8 cm³/mol. The first-order chi connectivity index (χ1) is 7.62. The molecule has 0 bridgehead atoms. The predicted octanol–water partition coefficient (Wildman–Crippen LogP) is 5.98. The van der Waals surface area contributed by atoms with E-state index >= 15 is 0 Å². The molecule has 0 fully saturated rings. The van der Waals surface area contributed by atoms with Gasteiger partial charge in [-0.3, -0.25) is 0 Å². The van der Waals surface area contributed by atoms with Gasteiger partial charge in [-0.2, -0.15) is 0 Å². The van der Waals surface area contributed by atoms with Crippen LogP contribution in [0.2, 0.25) is 0 Å². The molecule has 0 aromatic carbocycles. The van der Waals surface area contributed by atoms with Gasteiger partial charge in [0.05, 0.1) is 0 Å². The number of hydrogen-bond donors (Lipinski definition) is 0. The van der Waals surface area contributed by atoms with Crippen LogP contribution in [0.4, 0.5) is 0 Å². The fourth-order valence-corrected chi connectivity index (χ4v) is 2.79. The van der Waals surface area contributed by atoms with Crippen LogP contribution in [-0.2, 0) is 0 Å². The molecule has 0 saturated heterocycles. The Morgan fingerprint density at radius 1 is 1.00 bits per heavy atom. The first-order valence-electron chi connectivity index (χ1n) is 7.30. The maximum atomic E-state index is 2.45. The zero-order valence-electron chi connectivity index (χ0n) is 12.4. The van der Waals surface area contributed by atoms with Gasteiger partial charge in [-0.15, -0.1) is 0 Å². The van der Waals surface area contributed by atoms with Crippen molar-refractivity contribution in [3.8, 4) is 0 Å². The zero-order chi connectivity index (χ0) is 12.6. The summed E-state index contributed by atoms with van der Waals surface area (Å²) in [5.74, 6) is 1.69. The van der Waals surface area contributed by atoms with Gasteiger partial charge in [0.25, 0.3) is 0 Å². The van der Waals surface area contributed by atoms with Gasteiger partial charge in [0, 0.05) is 0 Å². The highest BCUT2D eigenvalue weighted by atomic mass is 14.2. The van der Waals surface area contributed by atoms with Crippen LogP contribution in [0.15, 0.2) is 11.1 Å². The molecule has 96 valence electrons. The van der Waals surface area contributed by atoms with Crippen LogP contribution in [0.3, 0.4) is 0 Å². The Balaban J connectivity index is 4.77. The lowest BCUT2D eigenvalue weighted by atomic mass is 9.79. The molecular formula is C16H32. The van der Waals surface area contributed by atoms with Gasteiger partial charge in [-0.25, -0.2) is 0 Å². The van der Waals surface area contributed by atoms with Gasteiger partial charge in [0.1, 0.15) is 0 Å². The molecule has 0 amide bonds. The van der Waals surface area contributed by atoms with Crippen LogP contribution in [0.1, 0.15) is 80.1 Å². The Bertz CT molecular complexity index is 200. The molecule has 0 spiro atoms. The third-order valence-electron chi connectivity index (χ3n) is 4.04. The van der Waals surface area contributed by atoms with E-state index < -0.39 is 0 Å². The van der Waals surface area contributed by atoms with Crippen molar-refractivity contribution in [1.82, 2.24) is 0 Å². The monoisotopic (exact) mass is 224 g/mol. The van der Waals surface area contributed by atoms with Gasteiger partial charge in [0.2, 0.25) is 0 Å². The van der Waals surface area contributed by atoms with E-state index in [2.05, 4.69) is 41.5 Å². The highest BCUT2D eigenvalue weighted by molar-refractivity contribution is 5.15. The Morgan fingerprint density at radius 3 is 2.00 bits per heavy atom. The van der Waals surface area contributed by atoms with E-state index in [0.717, 1.165) is 11.8 Å². The van der Waals surface area contributed by atoms with E-state index in [-0.39, 0.29) is 0 Å². The zero-order valence-corrected chi connectivity index (χ0v) is 12.4. The standard InChI is InChI=1S/C16H32/c1-7-11-15(10-4)14(6)16(12-8-2)13(5)9-3/h14-15H,7-12H2,1-6H3. The lowest BCUT2D eigenvalue weighted by Crippen LogP contribution is -2.14. The summed E-state index contributed by atoms with van der Waals surface area (Å²) in [7, 11) is 0. The second-order valence-corrected chi connectivity index (χ2v) is 5.15. The minimum atomic E-state index is 0.796. The molecule has 2 unspecified atom stereocenters. The van der Waals surface area contributed by atoms with E-state index in [4.69, 9.17) is 0 Å². The molecule has 0 nitrogen and oxygen atoms in total. The number of rotatable bonds is 8. The summed E-state index contributed by atoms with van der Waals surface area (Å²) in [6.07, 6.45) is 7.87. The SMILES string of the molecule is CCCC(=C(C)CC)C(C)C(CC)CCC. The molecule has 0 aliphatic rings. The number of hydrogen-bond acceptors (Lipinski definition) is 0.